The summed E-state index contributed by atoms with van der Waals surface area (Å²) in [6, 6.07) is 10.6. The Balaban J connectivity index is 1.62. The number of ether oxygens (including phenoxy) is 4. The first-order valence-electron chi connectivity index (χ1n) is 14.9. The summed E-state index contributed by atoms with van der Waals surface area (Å²) in [6.45, 7) is 9.80. The van der Waals surface area contributed by atoms with Crippen molar-refractivity contribution in [2.75, 3.05) is 33.0 Å². The first-order valence-corrected chi connectivity index (χ1v) is 15.3. The zero-order valence-corrected chi connectivity index (χ0v) is 25.7. The molecule has 0 spiro atoms. The molecule has 230 valence electrons. The molecule has 0 radical (unpaired) electrons. The van der Waals surface area contributed by atoms with Crippen LogP contribution in [0, 0.1) is 0 Å². The van der Waals surface area contributed by atoms with Gasteiger partial charge in [-0.2, -0.15) is 0 Å². The molecule has 4 rings (SSSR count). The molecule has 2 aromatic carbocycles. The molecule has 2 fully saturated rings. The number of carbonyl (C=O) groups is 2. The highest BCUT2D eigenvalue weighted by molar-refractivity contribution is 6.33. The van der Waals surface area contributed by atoms with Crippen LogP contribution >= 0.6 is 11.6 Å². The zero-order valence-electron chi connectivity index (χ0n) is 25.0. The van der Waals surface area contributed by atoms with Crippen LogP contribution in [-0.4, -0.2) is 66.6 Å². The van der Waals surface area contributed by atoms with E-state index in [1.807, 2.05) is 64.1 Å². The summed E-state index contributed by atoms with van der Waals surface area (Å²) in [6.07, 6.45) is 2.28. The van der Waals surface area contributed by atoms with Gasteiger partial charge in [-0.05, 0) is 58.1 Å². The predicted octanol–water partition coefficient (Wildman–Crippen LogP) is 6.33. The second-order valence-electron chi connectivity index (χ2n) is 10.9. The van der Waals surface area contributed by atoms with Crippen molar-refractivity contribution in [3.05, 3.63) is 58.1 Å². The first kappa shape index (κ1) is 31.9. The second kappa shape index (κ2) is 14.4. The maximum atomic E-state index is 13.9. The normalized spacial score (nSPS) is 20.4. The van der Waals surface area contributed by atoms with Crippen LogP contribution in [0.4, 0.5) is 4.79 Å². The number of carboxylic acids is 1. The Hall–Kier alpha value is -3.01. The van der Waals surface area contributed by atoms with Gasteiger partial charge in [-0.25, -0.2) is 9.59 Å². The Kier molecular flexibility index (Phi) is 11.0. The smallest absolute Gasteiger partial charge is 0.329 e. The van der Waals surface area contributed by atoms with Gasteiger partial charge in [0.1, 0.15) is 17.0 Å². The standard InChI is InChI=1S/C32H43ClN2O7/c1-5-40-24-18-32(19-24,30(36)37)34-31(38)35(15-16-39-20-22-11-9-8-10-12-22)21(4)25-17-26(41-6-2)27(23-13-14-23)29(28(25)33)42-7-3/h8-12,17,21,23-24H,5-7,13-16,18-20H2,1-4H3,(H,34,38)(H,36,37). The highest BCUT2D eigenvalue weighted by Crippen LogP contribution is 2.53. The fourth-order valence-electron chi connectivity index (χ4n) is 5.51. The van der Waals surface area contributed by atoms with Crippen LogP contribution in [0.1, 0.15) is 82.0 Å². The lowest BCUT2D eigenvalue weighted by molar-refractivity contribution is -0.156. The van der Waals surface area contributed by atoms with Gasteiger partial charge in [0.2, 0.25) is 0 Å². The fourth-order valence-corrected chi connectivity index (χ4v) is 5.88. The van der Waals surface area contributed by atoms with Crippen molar-refractivity contribution in [2.45, 2.75) is 83.6 Å². The van der Waals surface area contributed by atoms with Crippen LogP contribution in [0.15, 0.2) is 36.4 Å². The SMILES string of the molecule is CCOc1cc(C(C)N(CCOCc2ccccc2)C(=O)NC2(C(=O)O)CC(OCC)C2)c(Cl)c(OCC)c1C1CC1. The second-order valence-corrected chi connectivity index (χ2v) is 11.2. The molecule has 0 aromatic heterocycles. The molecule has 10 heteroatoms. The number of aliphatic carboxylic acids is 1. The molecule has 42 heavy (non-hydrogen) atoms. The van der Waals surface area contributed by atoms with Crippen molar-refractivity contribution in [1.82, 2.24) is 10.2 Å². The third-order valence-electron chi connectivity index (χ3n) is 7.90. The first-order chi connectivity index (χ1) is 20.2. The molecule has 0 heterocycles. The third-order valence-corrected chi connectivity index (χ3v) is 8.29. The van der Waals surface area contributed by atoms with Gasteiger partial charge in [0.15, 0.2) is 0 Å². The summed E-state index contributed by atoms with van der Waals surface area (Å²) in [5.74, 6) is 0.545. The lowest BCUT2D eigenvalue weighted by atomic mass is 9.74. The minimum atomic E-state index is -1.40. The highest BCUT2D eigenvalue weighted by atomic mass is 35.5. The van der Waals surface area contributed by atoms with Gasteiger partial charge in [-0.3, -0.25) is 0 Å². The number of carbonyl (C=O) groups excluding carboxylic acids is 1. The minimum absolute atomic E-state index is 0.203. The van der Waals surface area contributed by atoms with E-state index in [2.05, 4.69) is 5.32 Å². The maximum Gasteiger partial charge on any atom is 0.329 e. The van der Waals surface area contributed by atoms with Crippen molar-refractivity contribution in [2.24, 2.45) is 0 Å². The molecule has 2 aromatic rings. The number of hydrogen-bond donors (Lipinski definition) is 2. The maximum absolute atomic E-state index is 13.9. The van der Waals surface area contributed by atoms with Crippen LogP contribution in [0.5, 0.6) is 11.5 Å². The molecule has 2 aliphatic carbocycles. The van der Waals surface area contributed by atoms with Crippen molar-refractivity contribution < 1.29 is 33.6 Å². The number of carboxylic acid groups (broad SMARTS) is 1. The number of nitrogens with one attached hydrogen (secondary N) is 1. The van der Waals surface area contributed by atoms with Crippen LogP contribution in [0.3, 0.4) is 0 Å². The van der Waals surface area contributed by atoms with E-state index in [1.165, 1.54) is 0 Å². The fraction of sp³-hybridized carbons (Fsp3) is 0.562. The van der Waals surface area contributed by atoms with Crippen molar-refractivity contribution >= 4 is 23.6 Å². The molecule has 2 saturated carbocycles. The Bertz CT molecular complexity index is 1220. The molecule has 9 nitrogen and oxygen atoms in total. The molecular weight excluding hydrogens is 560 g/mol. The summed E-state index contributed by atoms with van der Waals surface area (Å²) in [7, 11) is 0. The van der Waals surface area contributed by atoms with Gasteiger partial charge < -0.3 is 34.3 Å². The van der Waals surface area contributed by atoms with Gasteiger partial charge in [-0.15, -0.1) is 0 Å². The minimum Gasteiger partial charge on any atom is -0.493 e. The molecule has 1 unspecified atom stereocenters. The molecule has 2 amide bonds. The van der Waals surface area contributed by atoms with Crippen LogP contribution < -0.4 is 14.8 Å². The van der Waals surface area contributed by atoms with Crippen molar-refractivity contribution in [1.29, 1.82) is 0 Å². The van der Waals surface area contributed by atoms with Crippen LogP contribution in [0.2, 0.25) is 5.02 Å². The Labute approximate surface area is 253 Å². The van der Waals surface area contributed by atoms with E-state index in [4.69, 9.17) is 30.5 Å². The van der Waals surface area contributed by atoms with E-state index in [0.717, 1.165) is 24.0 Å². The number of urea groups is 1. The topological polar surface area (TPSA) is 107 Å². The quantitative estimate of drug-likeness (QED) is 0.216. The van der Waals surface area contributed by atoms with Crippen molar-refractivity contribution in [3.63, 3.8) is 0 Å². The molecule has 0 aliphatic heterocycles. The van der Waals surface area contributed by atoms with Crippen molar-refractivity contribution in [3.8, 4) is 11.5 Å². The largest absolute Gasteiger partial charge is 0.493 e. The summed E-state index contributed by atoms with van der Waals surface area (Å²) < 4.78 is 23.6. The third kappa shape index (κ3) is 7.30. The molecular formula is C32H43ClN2O7. The lowest BCUT2D eigenvalue weighted by Gasteiger charge is -2.45. The van der Waals surface area contributed by atoms with Gasteiger partial charge in [-0.1, -0.05) is 41.9 Å². The summed E-state index contributed by atoms with van der Waals surface area (Å²) in [4.78, 5) is 27.7. The van der Waals surface area contributed by atoms with E-state index in [0.29, 0.717) is 54.4 Å². The Morgan fingerprint density at radius 3 is 2.38 bits per heavy atom. The number of halogens is 1. The monoisotopic (exact) mass is 602 g/mol. The van der Waals surface area contributed by atoms with E-state index in [1.54, 1.807) is 4.90 Å². The molecule has 2 aliphatic rings. The average Bonchev–Trinajstić information content (AvgIpc) is 3.79. The van der Waals surface area contributed by atoms with Crippen LogP contribution in [-0.2, 0) is 20.9 Å². The van der Waals surface area contributed by atoms with Gasteiger partial charge in [0, 0.05) is 37.1 Å². The summed E-state index contributed by atoms with van der Waals surface area (Å²) >= 11 is 7.02. The highest BCUT2D eigenvalue weighted by Gasteiger charge is 2.53. The Morgan fingerprint density at radius 2 is 1.79 bits per heavy atom. The van der Waals surface area contributed by atoms with E-state index >= 15 is 0 Å². The molecule has 0 saturated heterocycles. The summed E-state index contributed by atoms with van der Waals surface area (Å²) in [5, 5.41) is 13.3. The Morgan fingerprint density at radius 1 is 1.10 bits per heavy atom. The van der Waals surface area contributed by atoms with E-state index in [9.17, 15) is 14.7 Å². The number of benzene rings is 2. The predicted molar refractivity (Wildman–Crippen MR) is 161 cm³/mol. The van der Waals surface area contributed by atoms with E-state index in [-0.39, 0.29) is 32.1 Å². The molecule has 2 N–H and O–H groups in total. The number of hydrogen-bond acceptors (Lipinski definition) is 6. The lowest BCUT2D eigenvalue weighted by Crippen LogP contribution is -2.66. The molecule has 0 bridgehead atoms. The average molecular weight is 603 g/mol. The van der Waals surface area contributed by atoms with Crippen LogP contribution in [0.25, 0.3) is 0 Å². The van der Waals surface area contributed by atoms with Gasteiger partial charge in [0.05, 0.1) is 43.6 Å². The van der Waals surface area contributed by atoms with Gasteiger partial charge in [0.25, 0.3) is 0 Å². The molecule has 1 atom stereocenters. The number of nitrogens with zero attached hydrogens (tertiary/aromatic N) is 1. The summed E-state index contributed by atoms with van der Waals surface area (Å²) in [5.41, 5.74) is 1.26. The number of amides is 2. The van der Waals surface area contributed by atoms with E-state index < -0.39 is 23.6 Å². The van der Waals surface area contributed by atoms with Gasteiger partial charge >= 0.3 is 12.0 Å². The number of rotatable bonds is 16. The zero-order chi connectivity index (χ0) is 30.3.